The molecule has 0 aliphatic rings. The molecule has 14 heavy (non-hydrogen) atoms. The second-order valence-corrected chi connectivity index (χ2v) is 3.55. The lowest BCUT2D eigenvalue weighted by Crippen LogP contribution is -2.06. The quantitative estimate of drug-likeness (QED) is 0.686. The summed E-state index contributed by atoms with van der Waals surface area (Å²) in [6.45, 7) is 0.0277. The number of ether oxygens (including phenoxy) is 1. The van der Waals surface area contributed by atoms with Gasteiger partial charge < -0.3 is 10.5 Å². The zero-order chi connectivity index (χ0) is 10.7. The zero-order valence-corrected chi connectivity index (χ0v) is 9.59. The van der Waals surface area contributed by atoms with Crippen molar-refractivity contribution >= 4 is 22.6 Å². The van der Waals surface area contributed by atoms with E-state index in [4.69, 9.17) is 10.5 Å². The third-order valence-corrected chi connectivity index (χ3v) is 2.48. The van der Waals surface area contributed by atoms with Gasteiger partial charge in [0.25, 0.3) is 6.43 Å². The van der Waals surface area contributed by atoms with Crippen molar-refractivity contribution in [2.45, 2.75) is 13.0 Å². The van der Waals surface area contributed by atoms with Crippen LogP contribution in [0.3, 0.4) is 0 Å². The van der Waals surface area contributed by atoms with Crippen molar-refractivity contribution in [1.29, 1.82) is 0 Å². The highest BCUT2D eigenvalue weighted by molar-refractivity contribution is 14.1. The van der Waals surface area contributed by atoms with Gasteiger partial charge in [0.2, 0.25) is 0 Å². The molecule has 6 heteroatoms. The Balaban J connectivity index is 3.24. The highest BCUT2D eigenvalue weighted by atomic mass is 127. The fourth-order valence-electron chi connectivity index (χ4n) is 1.02. The number of nitrogens with zero attached hydrogens (tertiary/aromatic N) is 1. The molecule has 2 N–H and O–H groups in total. The van der Waals surface area contributed by atoms with Crippen molar-refractivity contribution in [3.63, 3.8) is 0 Å². The standard InChI is InChI=1S/C8H9F2IN2O/c1-14-5-2-4(3-12)6(7(9)10)13-8(5)11/h2,7H,3,12H2,1H3. The van der Waals surface area contributed by atoms with Crippen LogP contribution in [0.1, 0.15) is 17.7 Å². The molecule has 1 rings (SSSR count). The summed E-state index contributed by atoms with van der Waals surface area (Å²) >= 11 is 1.84. The van der Waals surface area contributed by atoms with Crippen molar-refractivity contribution in [1.82, 2.24) is 4.98 Å². The van der Waals surface area contributed by atoms with Gasteiger partial charge in [-0.2, -0.15) is 0 Å². The molecule has 3 nitrogen and oxygen atoms in total. The number of aromatic nitrogens is 1. The van der Waals surface area contributed by atoms with E-state index in [1.807, 2.05) is 22.6 Å². The molecule has 0 spiro atoms. The lowest BCUT2D eigenvalue weighted by atomic mass is 10.2. The van der Waals surface area contributed by atoms with E-state index in [2.05, 4.69) is 4.98 Å². The van der Waals surface area contributed by atoms with E-state index in [0.717, 1.165) is 0 Å². The largest absolute Gasteiger partial charge is 0.494 e. The Morgan fingerprint density at radius 1 is 1.64 bits per heavy atom. The third-order valence-electron chi connectivity index (χ3n) is 1.70. The summed E-state index contributed by atoms with van der Waals surface area (Å²) in [5.41, 5.74) is 5.38. The molecule has 0 saturated heterocycles. The van der Waals surface area contributed by atoms with Crippen LogP contribution in [-0.4, -0.2) is 12.1 Å². The molecule has 0 aromatic carbocycles. The maximum Gasteiger partial charge on any atom is 0.280 e. The van der Waals surface area contributed by atoms with Crippen molar-refractivity contribution in [2.24, 2.45) is 5.73 Å². The molecule has 0 radical (unpaired) electrons. The molecule has 0 aliphatic carbocycles. The van der Waals surface area contributed by atoms with Gasteiger partial charge in [-0.25, -0.2) is 13.8 Å². The molecule has 0 bridgehead atoms. The van der Waals surface area contributed by atoms with Gasteiger partial charge in [-0.15, -0.1) is 0 Å². The van der Waals surface area contributed by atoms with Crippen LogP contribution in [0, 0.1) is 3.70 Å². The summed E-state index contributed by atoms with van der Waals surface area (Å²) in [5, 5.41) is 0. The monoisotopic (exact) mass is 314 g/mol. The Morgan fingerprint density at radius 2 is 2.29 bits per heavy atom. The van der Waals surface area contributed by atoms with Gasteiger partial charge in [0, 0.05) is 6.54 Å². The summed E-state index contributed by atoms with van der Waals surface area (Å²) in [5.74, 6) is 0.468. The maximum absolute atomic E-state index is 12.5. The number of halogens is 3. The van der Waals surface area contributed by atoms with Gasteiger partial charge in [0.1, 0.15) is 9.39 Å². The smallest absolute Gasteiger partial charge is 0.280 e. The number of pyridine rings is 1. The summed E-state index contributed by atoms with van der Waals surface area (Å²) < 4.78 is 30.3. The normalized spacial score (nSPS) is 10.7. The minimum atomic E-state index is -2.60. The van der Waals surface area contributed by atoms with E-state index >= 15 is 0 Å². The molecule has 0 aliphatic heterocycles. The molecule has 1 aromatic heterocycles. The number of hydrogen-bond donors (Lipinski definition) is 1. The minimum Gasteiger partial charge on any atom is -0.494 e. The van der Waals surface area contributed by atoms with E-state index in [-0.39, 0.29) is 12.2 Å². The molecule has 0 fully saturated rings. The van der Waals surface area contributed by atoms with Crippen LogP contribution in [0.4, 0.5) is 8.78 Å². The lowest BCUT2D eigenvalue weighted by Gasteiger charge is -2.09. The first-order chi connectivity index (χ1) is 6.60. The van der Waals surface area contributed by atoms with Gasteiger partial charge in [-0.3, -0.25) is 0 Å². The fourth-order valence-corrected chi connectivity index (χ4v) is 1.66. The third kappa shape index (κ3) is 2.30. The Kier molecular flexibility index (Phi) is 3.99. The summed E-state index contributed by atoms with van der Waals surface area (Å²) in [4.78, 5) is 3.75. The second kappa shape index (κ2) is 4.83. The lowest BCUT2D eigenvalue weighted by molar-refractivity contribution is 0.144. The molecule has 0 atom stereocenters. The first-order valence-corrected chi connectivity index (χ1v) is 4.89. The van der Waals surface area contributed by atoms with E-state index in [0.29, 0.717) is 15.0 Å². The molecular weight excluding hydrogens is 305 g/mol. The molecule has 0 amide bonds. The number of alkyl halides is 2. The Hall–Kier alpha value is -0.500. The predicted octanol–water partition coefficient (Wildman–Crippen LogP) is 2.09. The van der Waals surface area contributed by atoms with Crippen molar-refractivity contribution in [3.05, 3.63) is 21.0 Å². The van der Waals surface area contributed by atoms with Crippen LogP contribution >= 0.6 is 22.6 Å². The van der Waals surface area contributed by atoms with Gasteiger partial charge in [0.15, 0.2) is 5.75 Å². The van der Waals surface area contributed by atoms with Gasteiger partial charge in [-0.05, 0) is 34.2 Å². The highest BCUT2D eigenvalue weighted by Crippen LogP contribution is 2.27. The van der Waals surface area contributed by atoms with Crippen molar-refractivity contribution < 1.29 is 13.5 Å². The average molecular weight is 314 g/mol. The molecule has 0 saturated carbocycles. The van der Waals surface area contributed by atoms with Crippen LogP contribution in [0.15, 0.2) is 6.07 Å². The van der Waals surface area contributed by atoms with E-state index < -0.39 is 6.43 Å². The van der Waals surface area contributed by atoms with Gasteiger partial charge in [0.05, 0.1) is 7.11 Å². The van der Waals surface area contributed by atoms with E-state index in [1.54, 1.807) is 0 Å². The van der Waals surface area contributed by atoms with Gasteiger partial charge in [-0.1, -0.05) is 0 Å². The summed E-state index contributed by atoms with van der Waals surface area (Å²) in [6.07, 6.45) is -2.60. The maximum atomic E-state index is 12.5. The Morgan fingerprint density at radius 3 is 2.71 bits per heavy atom. The predicted molar refractivity (Wildman–Crippen MR) is 56.4 cm³/mol. The number of nitrogens with two attached hydrogens (primary N) is 1. The summed E-state index contributed by atoms with van der Waals surface area (Å²) in [6, 6.07) is 1.50. The molecule has 0 unspecified atom stereocenters. The average Bonchev–Trinajstić information content (AvgIpc) is 2.17. The van der Waals surface area contributed by atoms with Crippen LogP contribution in [-0.2, 0) is 6.54 Å². The van der Waals surface area contributed by atoms with Crippen LogP contribution in [0.25, 0.3) is 0 Å². The first kappa shape index (κ1) is 11.6. The number of methoxy groups -OCH3 is 1. The fraction of sp³-hybridized carbons (Fsp3) is 0.375. The molecular formula is C8H9F2IN2O. The SMILES string of the molecule is COc1cc(CN)c(C(F)F)nc1I. The Bertz CT molecular complexity index is 333. The van der Waals surface area contributed by atoms with Crippen LogP contribution in [0.2, 0.25) is 0 Å². The zero-order valence-electron chi connectivity index (χ0n) is 7.43. The highest BCUT2D eigenvalue weighted by Gasteiger charge is 2.17. The first-order valence-electron chi connectivity index (χ1n) is 3.81. The second-order valence-electron chi connectivity index (χ2n) is 2.53. The van der Waals surface area contributed by atoms with Crippen molar-refractivity contribution in [3.8, 4) is 5.75 Å². The Labute approximate surface area is 93.8 Å². The summed E-state index contributed by atoms with van der Waals surface area (Å²) in [7, 11) is 1.46. The van der Waals surface area contributed by atoms with E-state index in [9.17, 15) is 8.78 Å². The molecule has 1 heterocycles. The minimum absolute atomic E-state index is 0.0277. The number of rotatable bonds is 3. The van der Waals surface area contributed by atoms with E-state index in [1.165, 1.54) is 13.2 Å². The molecule has 78 valence electrons. The van der Waals surface area contributed by atoms with Crippen LogP contribution in [0.5, 0.6) is 5.75 Å². The molecule has 1 aromatic rings. The van der Waals surface area contributed by atoms with Crippen molar-refractivity contribution in [2.75, 3.05) is 7.11 Å². The number of hydrogen-bond acceptors (Lipinski definition) is 3. The van der Waals surface area contributed by atoms with Gasteiger partial charge >= 0.3 is 0 Å². The topological polar surface area (TPSA) is 48.1 Å². The van der Waals surface area contributed by atoms with Crippen LogP contribution < -0.4 is 10.5 Å².